The predicted octanol–water partition coefficient (Wildman–Crippen LogP) is 1.97. The van der Waals surface area contributed by atoms with E-state index in [1.165, 1.54) is 0 Å². The summed E-state index contributed by atoms with van der Waals surface area (Å²) in [5.41, 5.74) is 0.411. The number of benzene rings is 1. The van der Waals surface area contributed by atoms with Crippen LogP contribution in [0.5, 0.6) is 0 Å². The van der Waals surface area contributed by atoms with Crippen molar-refractivity contribution < 1.29 is 24.1 Å². The van der Waals surface area contributed by atoms with Crippen molar-refractivity contribution in [2.75, 3.05) is 0 Å². The maximum Gasteiger partial charge on any atom is 0.190 e. The summed E-state index contributed by atoms with van der Waals surface area (Å²) in [5, 5.41) is 10.2. The maximum atomic E-state index is 10.2. The van der Waals surface area contributed by atoms with E-state index in [9.17, 15) is 5.11 Å². The molecule has 0 radical (unpaired) electrons. The summed E-state index contributed by atoms with van der Waals surface area (Å²) in [6.45, 7) is 4.20. The molecule has 1 aliphatic carbocycles. The van der Waals surface area contributed by atoms with E-state index in [0.29, 0.717) is 6.61 Å². The van der Waals surface area contributed by atoms with Crippen LogP contribution in [0.1, 0.15) is 32.3 Å². The number of fused-ring (bicyclic) bond motifs is 1. The van der Waals surface area contributed by atoms with Gasteiger partial charge in [0.05, 0.1) is 12.7 Å². The van der Waals surface area contributed by atoms with Crippen molar-refractivity contribution in [3.63, 3.8) is 0 Å². The highest BCUT2D eigenvalue weighted by molar-refractivity contribution is 5.16. The van der Waals surface area contributed by atoms with Gasteiger partial charge >= 0.3 is 0 Å². The van der Waals surface area contributed by atoms with Crippen LogP contribution in [0.2, 0.25) is 0 Å². The van der Waals surface area contributed by atoms with Gasteiger partial charge in [0, 0.05) is 0 Å². The molecule has 5 atom stereocenters. The van der Waals surface area contributed by atoms with Gasteiger partial charge in [-0.3, -0.25) is 0 Å². The van der Waals surface area contributed by atoms with Gasteiger partial charge in [-0.2, -0.15) is 0 Å². The summed E-state index contributed by atoms with van der Waals surface area (Å²) in [6, 6.07) is 9.99. The lowest BCUT2D eigenvalue weighted by atomic mass is 9.73. The molecule has 5 nitrogen and oxygen atoms in total. The molecule has 4 rings (SSSR count). The Kier molecular flexibility index (Phi) is 3.33. The molecule has 120 valence electrons. The Hall–Kier alpha value is -0.980. The van der Waals surface area contributed by atoms with Crippen LogP contribution in [0.25, 0.3) is 0 Å². The second-order valence-corrected chi connectivity index (χ2v) is 6.81. The highest BCUT2D eigenvalue weighted by Crippen LogP contribution is 2.52. The van der Waals surface area contributed by atoms with Gasteiger partial charge in [-0.05, 0) is 32.3 Å². The van der Waals surface area contributed by atoms with Crippen molar-refractivity contribution in [1.82, 2.24) is 0 Å². The van der Waals surface area contributed by atoms with Crippen molar-refractivity contribution in [3.8, 4) is 0 Å². The van der Waals surface area contributed by atoms with Crippen LogP contribution in [0.3, 0.4) is 0 Å². The molecule has 0 aromatic heterocycles. The van der Waals surface area contributed by atoms with E-state index < -0.39 is 23.8 Å². The number of aliphatic hydroxyl groups excluding tert-OH is 1. The van der Waals surface area contributed by atoms with Gasteiger partial charge < -0.3 is 24.1 Å². The normalized spacial score (nSPS) is 42.3. The minimum Gasteiger partial charge on any atom is -0.390 e. The quantitative estimate of drug-likeness (QED) is 0.925. The van der Waals surface area contributed by atoms with Gasteiger partial charge in [-0.25, -0.2) is 0 Å². The lowest BCUT2D eigenvalue weighted by Crippen LogP contribution is -2.61. The van der Waals surface area contributed by atoms with E-state index in [4.69, 9.17) is 18.9 Å². The van der Waals surface area contributed by atoms with Crippen molar-refractivity contribution in [1.29, 1.82) is 0 Å². The molecule has 1 aromatic rings. The van der Waals surface area contributed by atoms with Crippen LogP contribution in [0, 0.1) is 0 Å². The fourth-order valence-corrected chi connectivity index (χ4v) is 3.64. The second-order valence-electron chi connectivity index (χ2n) is 6.81. The van der Waals surface area contributed by atoms with E-state index in [0.717, 1.165) is 18.4 Å². The number of hydrogen-bond donors (Lipinski definition) is 1. The van der Waals surface area contributed by atoms with E-state index in [2.05, 4.69) is 0 Å². The molecule has 2 aliphatic heterocycles. The van der Waals surface area contributed by atoms with E-state index in [-0.39, 0.29) is 12.2 Å². The number of hydrogen-bond acceptors (Lipinski definition) is 5. The summed E-state index contributed by atoms with van der Waals surface area (Å²) < 4.78 is 23.9. The number of ether oxygens (including phenoxy) is 4. The highest BCUT2D eigenvalue weighted by atomic mass is 16.8. The smallest absolute Gasteiger partial charge is 0.190 e. The van der Waals surface area contributed by atoms with E-state index in [1.54, 1.807) is 0 Å². The molecule has 0 bridgehead atoms. The first-order chi connectivity index (χ1) is 10.5. The third kappa shape index (κ3) is 2.20. The largest absolute Gasteiger partial charge is 0.390 e. The summed E-state index contributed by atoms with van der Waals surface area (Å²) in [4.78, 5) is 0. The van der Waals surface area contributed by atoms with Crippen LogP contribution >= 0.6 is 0 Å². The fraction of sp³-hybridized carbons (Fsp3) is 0.647. The third-order valence-electron chi connectivity index (χ3n) is 4.85. The van der Waals surface area contributed by atoms with Crippen LogP contribution in [0.15, 0.2) is 30.3 Å². The summed E-state index contributed by atoms with van der Waals surface area (Å²) in [6.07, 6.45) is -0.0984. The molecule has 0 amide bonds. The van der Waals surface area contributed by atoms with Crippen LogP contribution < -0.4 is 0 Å². The molecule has 1 aromatic carbocycles. The molecule has 1 saturated carbocycles. The molecule has 1 N–H and O–H groups in total. The van der Waals surface area contributed by atoms with Gasteiger partial charge in [0.15, 0.2) is 12.1 Å². The SMILES string of the molecule is CC1(C)O[C@H]2O[C@@]3(CC[C@@H]3O)C(OCc3ccccc3)[C@@H]2O1. The van der Waals surface area contributed by atoms with E-state index in [1.807, 2.05) is 44.2 Å². The molecule has 2 saturated heterocycles. The van der Waals surface area contributed by atoms with Crippen LogP contribution in [-0.4, -0.2) is 41.1 Å². The molecule has 3 aliphatic rings. The molecule has 1 unspecified atom stereocenters. The Morgan fingerprint density at radius 2 is 1.95 bits per heavy atom. The monoisotopic (exact) mass is 306 g/mol. The first kappa shape index (κ1) is 14.6. The first-order valence-electron chi connectivity index (χ1n) is 7.87. The molecule has 5 heteroatoms. The van der Waals surface area contributed by atoms with Crippen molar-refractivity contribution in [2.45, 2.75) is 69.3 Å². The first-order valence-corrected chi connectivity index (χ1v) is 7.87. The average molecular weight is 306 g/mol. The summed E-state index contributed by atoms with van der Waals surface area (Å²) in [7, 11) is 0. The van der Waals surface area contributed by atoms with Gasteiger partial charge in [0.1, 0.15) is 17.8 Å². The van der Waals surface area contributed by atoms with Crippen LogP contribution in [-0.2, 0) is 25.6 Å². The zero-order valence-electron chi connectivity index (χ0n) is 12.9. The van der Waals surface area contributed by atoms with Gasteiger partial charge in [0.25, 0.3) is 0 Å². The molecular formula is C17H22O5. The second kappa shape index (κ2) is 5.01. The third-order valence-corrected chi connectivity index (χ3v) is 4.85. The zero-order chi connectivity index (χ0) is 15.4. The van der Waals surface area contributed by atoms with E-state index >= 15 is 0 Å². The Balaban J connectivity index is 1.53. The highest BCUT2D eigenvalue weighted by Gasteiger charge is 2.68. The van der Waals surface area contributed by atoms with Gasteiger partial charge in [0.2, 0.25) is 0 Å². The van der Waals surface area contributed by atoms with Crippen LogP contribution in [0.4, 0.5) is 0 Å². The Morgan fingerprint density at radius 3 is 2.59 bits per heavy atom. The van der Waals surface area contributed by atoms with Gasteiger partial charge in [-0.15, -0.1) is 0 Å². The number of rotatable bonds is 3. The molecule has 22 heavy (non-hydrogen) atoms. The molecular weight excluding hydrogens is 284 g/mol. The van der Waals surface area contributed by atoms with Crippen molar-refractivity contribution in [3.05, 3.63) is 35.9 Å². The Labute approximate surface area is 130 Å². The molecule has 1 spiro atoms. The van der Waals surface area contributed by atoms with Crippen molar-refractivity contribution >= 4 is 0 Å². The maximum absolute atomic E-state index is 10.2. The number of aliphatic hydroxyl groups is 1. The summed E-state index contributed by atoms with van der Waals surface area (Å²) >= 11 is 0. The van der Waals surface area contributed by atoms with Gasteiger partial charge in [-0.1, -0.05) is 30.3 Å². The molecule has 3 fully saturated rings. The van der Waals surface area contributed by atoms with Crippen molar-refractivity contribution in [2.24, 2.45) is 0 Å². The standard InChI is InChI=1S/C17H22O5/c1-16(2)20-13-14(19-10-11-6-4-3-5-7-11)17(9-8-12(17)18)22-15(13)21-16/h3-7,12-15,18H,8-10H2,1-2H3/t12-,13-,14?,15-,17+/m0/s1. The lowest BCUT2D eigenvalue weighted by molar-refractivity contribution is -0.287. The fourth-order valence-electron chi connectivity index (χ4n) is 3.64. The lowest BCUT2D eigenvalue weighted by Gasteiger charge is -2.47. The predicted molar refractivity (Wildman–Crippen MR) is 77.9 cm³/mol. The Bertz CT molecular complexity index is 545. The average Bonchev–Trinajstić information content (AvgIpc) is 2.95. The summed E-state index contributed by atoms with van der Waals surface area (Å²) in [5.74, 6) is -0.681. The minimum atomic E-state index is -0.681. The zero-order valence-corrected chi connectivity index (χ0v) is 12.9. The Morgan fingerprint density at radius 1 is 1.18 bits per heavy atom. The minimum absolute atomic E-state index is 0.298. The topological polar surface area (TPSA) is 57.2 Å². The molecule has 2 heterocycles.